The van der Waals surface area contributed by atoms with Crippen molar-refractivity contribution in [3.63, 3.8) is 0 Å². The van der Waals surface area contributed by atoms with Gasteiger partial charge in [-0.1, -0.05) is 13.8 Å². The molecule has 3 heteroatoms. The zero-order valence-corrected chi connectivity index (χ0v) is 7.07. The largest absolute Gasteiger partial charge is 0.330 e. The number of nitrogens with two attached hydrogens (primary N) is 1. The van der Waals surface area contributed by atoms with Crippen molar-refractivity contribution in [3.8, 4) is 0 Å². The van der Waals surface area contributed by atoms with Crippen molar-refractivity contribution in [2.75, 3.05) is 6.54 Å². The fraction of sp³-hybridized carbons (Fsp3) is 0.500. The highest BCUT2D eigenvalue weighted by molar-refractivity contribution is 4.74. The minimum Gasteiger partial charge on any atom is -0.330 e. The third-order valence-corrected chi connectivity index (χ3v) is 0.949. The molecule has 11 heavy (non-hydrogen) atoms. The van der Waals surface area contributed by atoms with E-state index in [1.54, 1.807) is 18.5 Å². The first-order chi connectivity index (χ1) is 5.27. The Labute approximate surface area is 67.7 Å². The van der Waals surface area contributed by atoms with E-state index in [1.165, 1.54) is 6.33 Å². The minimum absolute atomic E-state index is 0.662. The maximum atomic E-state index is 5.17. The third-order valence-electron chi connectivity index (χ3n) is 0.949. The van der Waals surface area contributed by atoms with Crippen molar-refractivity contribution in [3.05, 3.63) is 24.8 Å². The van der Waals surface area contributed by atoms with Gasteiger partial charge in [0, 0.05) is 12.4 Å². The summed E-state index contributed by atoms with van der Waals surface area (Å²) in [6.45, 7) is 5.00. The van der Waals surface area contributed by atoms with E-state index < -0.39 is 0 Å². The number of nitrogens with zero attached hydrogens (tertiary/aromatic N) is 2. The highest BCUT2D eigenvalue weighted by Gasteiger charge is 1.80. The first-order valence-corrected chi connectivity index (χ1v) is 3.67. The molecule has 0 bridgehead atoms. The van der Waals surface area contributed by atoms with E-state index in [0.717, 1.165) is 6.54 Å². The fourth-order valence-corrected chi connectivity index (χ4v) is 0.253. The summed E-state index contributed by atoms with van der Waals surface area (Å²) in [5, 5.41) is 0. The van der Waals surface area contributed by atoms with Crippen LogP contribution in [0.25, 0.3) is 0 Å². The monoisotopic (exact) mass is 153 g/mol. The molecule has 0 aliphatic carbocycles. The van der Waals surface area contributed by atoms with E-state index in [4.69, 9.17) is 5.73 Å². The van der Waals surface area contributed by atoms with Gasteiger partial charge in [-0.05, 0) is 18.5 Å². The molecule has 0 aliphatic rings. The van der Waals surface area contributed by atoms with Gasteiger partial charge in [0.1, 0.15) is 6.33 Å². The molecule has 0 amide bonds. The molecule has 0 atom stereocenters. The van der Waals surface area contributed by atoms with Crippen molar-refractivity contribution in [2.24, 2.45) is 11.7 Å². The first kappa shape index (κ1) is 10.0. The SMILES string of the molecule is CC(C)CN.c1cncnc1. The second kappa shape index (κ2) is 7.15. The van der Waals surface area contributed by atoms with E-state index in [-0.39, 0.29) is 0 Å². The molecule has 0 aromatic carbocycles. The van der Waals surface area contributed by atoms with Gasteiger partial charge in [0.15, 0.2) is 0 Å². The van der Waals surface area contributed by atoms with Gasteiger partial charge in [-0.3, -0.25) is 0 Å². The lowest BCUT2D eigenvalue weighted by atomic mass is 10.2. The molecule has 0 radical (unpaired) electrons. The Morgan fingerprint density at radius 1 is 1.27 bits per heavy atom. The molecule has 1 aromatic heterocycles. The molecule has 2 N–H and O–H groups in total. The predicted octanol–water partition coefficient (Wildman–Crippen LogP) is 1.08. The summed E-state index contributed by atoms with van der Waals surface area (Å²) in [6, 6.07) is 1.78. The Morgan fingerprint density at radius 2 is 1.73 bits per heavy atom. The fourth-order valence-electron chi connectivity index (χ4n) is 0.253. The third kappa shape index (κ3) is 9.04. The van der Waals surface area contributed by atoms with Crippen LogP contribution in [0.15, 0.2) is 24.8 Å². The molecule has 0 saturated heterocycles. The zero-order chi connectivity index (χ0) is 8.53. The van der Waals surface area contributed by atoms with Gasteiger partial charge in [0.05, 0.1) is 0 Å². The summed E-state index contributed by atoms with van der Waals surface area (Å²) in [4.78, 5) is 7.35. The molecule has 3 nitrogen and oxygen atoms in total. The standard InChI is InChI=1S/C4H4N2.C4H11N/c1-2-5-4-6-3-1;1-4(2)3-5/h1-4H;4H,3,5H2,1-2H3. The van der Waals surface area contributed by atoms with Crippen molar-refractivity contribution >= 4 is 0 Å². The van der Waals surface area contributed by atoms with Crippen LogP contribution in [0.1, 0.15) is 13.8 Å². The first-order valence-electron chi connectivity index (χ1n) is 3.67. The molecule has 0 fully saturated rings. The lowest BCUT2D eigenvalue weighted by molar-refractivity contribution is 0.664. The normalized spacial score (nSPS) is 8.73. The number of rotatable bonds is 1. The van der Waals surface area contributed by atoms with Gasteiger partial charge >= 0.3 is 0 Å². The Hall–Kier alpha value is -0.960. The Morgan fingerprint density at radius 3 is 1.82 bits per heavy atom. The van der Waals surface area contributed by atoms with Gasteiger partial charge < -0.3 is 5.73 Å². The molecule has 1 heterocycles. The van der Waals surface area contributed by atoms with Crippen LogP contribution < -0.4 is 5.73 Å². The molecule has 1 aromatic rings. The molecule has 1 rings (SSSR count). The highest BCUT2D eigenvalue weighted by Crippen LogP contribution is 1.81. The molecule has 0 saturated carbocycles. The maximum absolute atomic E-state index is 5.17. The van der Waals surface area contributed by atoms with Crippen molar-refractivity contribution < 1.29 is 0 Å². The van der Waals surface area contributed by atoms with E-state index in [2.05, 4.69) is 23.8 Å². The lowest BCUT2D eigenvalue weighted by Gasteiger charge is -1.91. The molecule has 0 spiro atoms. The van der Waals surface area contributed by atoms with Crippen LogP contribution in [-0.4, -0.2) is 16.5 Å². The second-order valence-corrected chi connectivity index (χ2v) is 2.53. The number of hydrogen-bond acceptors (Lipinski definition) is 3. The van der Waals surface area contributed by atoms with Crippen LogP contribution in [0.3, 0.4) is 0 Å². The summed E-state index contributed by atoms with van der Waals surface area (Å²) in [6.07, 6.45) is 4.88. The maximum Gasteiger partial charge on any atom is 0.115 e. The van der Waals surface area contributed by atoms with E-state index in [0.29, 0.717) is 5.92 Å². The van der Waals surface area contributed by atoms with Gasteiger partial charge in [0.2, 0.25) is 0 Å². The van der Waals surface area contributed by atoms with Gasteiger partial charge in [-0.2, -0.15) is 0 Å². The van der Waals surface area contributed by atoms with Crippen molar-refractivity contribution in [1.29, 1.82) is 0 Å². The topological polar surface area (TPSA) is 51.8 Å². The zero-order valence-electron chi connectivity index (χ0n) is 7.07. The summed E-state index contributed by atoms with van der Waals surface area (Å²) in [5.74, 6) is 0.662. The van der Waals surface area contributed by atoms with Gasteiger partial charge in [0.25, 0.3) is 0 Å². The van der Waals surface area contributed by atoms with Crippen LogP contribution in [0.5, 0.6) is 0 Å². The van der Waals surface area contributed by atoms with Crippen LogP contribution in [0, 0.1) is 5.92 Å². The van der Waals surface area contributed by atoms with Gasteiger partial charge in [-0.25, -0.2) is 9.97 Å². The summed E-state index contributed by atoms with van der Waals surface area (Å²) >= 11 is 0. The summed E-state index contributed by atoms with van der Waals surface area (Å²) in [5.41, 5.74) is 5.17. The number of hydrogen-bond donors (Lipinski definition) is 1. The average Bonchev–Trinajstić information content (AvgIpc) is 2.09. The quantitative estimate of drug-likeness (QED) is 0.656. The van der Waals surface area contributed by atoms with E-state index >= 15 is 0 Å². The van der Waals surface area contributed by atoms with Crippen LogP contribution >= 0.6 is 0 Å². The second-order valence-electron chi connectivity index (χ2n) is 2.53. The smallest absolute Gasteiger partial charge is 0.115 e. The molecular formula is C8H15N3. The van der Waals surface area contributed by atoms with Crippen LogP contribution in [-0.2, 0) is 0 Å². The molecule has 62 valence electrons. The Balaban J connectivity index is 0.000000187. The van der Waals surface area contributed by atoms with Crippen LogP contribution in [0.2, 0.25) is 0 Å². The summed E-state index contributed by atoms with van der Waals surface area (Å²) in [7, 11) is 0. The Bertz CT molecular complexity index is 124. The molecule has 0 aliphatic heterocycles. The average molecular weight is 153 g/mol. The Kier molecular flexibility index (Phi) is 6.53. The van der Waals surface area contributed by atoms with E-state index in [1.807, 2.05) is 0 Å². The van der Waals surface area contributed by atoms with E-state index in [9.17, 15) is 0 Å². The molecular weight excluding hydrogens is 138 g/mol. The van der Waals surface area contributed by atoms with Crippen LogP contribution in [0.4, 0.5) is 0 Å². The minimum atomic E-state index is 0.662. The van der Waals surface area contributed by atoms with Crippen molar-refractivity contribution in [2.45, 2.75) is 13.8 Å². The lowest BCUT2D eigenvalue weighted by Crippen LogP contribution is -2.05. The predicted molar refractivity (Wildman–Crippen MR) is 45.9 cm³/mol. The summed E-state index contributed by atoms with van der Waals surface area (Å²) < 4.78 is 0. The van der Waals surface area contributed by atoms with Crippen molar-refractivity contribution in [1.82, 2.24) is 9.97 Å². The highest BCUT2D eigenvalue weighted by atomic mass is 14.8. The molecule has 0 unspecified atom stereocenters. The van der Waals surface area contributed by atoms with Gasteiger partial charge in [-0.15, -0.1) is 0 Å². The number of aromatic nitrogens is 2.